The van der Waals surface area contributed by atoms with E-state index >= 15 is 0 Å². The molecule has 1 aliphatic heterocycles. The summed E-state index contributed by atoms with van der Waals surface area (Å²) in [6.07, 6.45) is 0.112. The van der Waals surface area contributed by atoms with E-state index in [0.717, 1.165) is 5.56 Å². The van der Waals surface area contributed by atoms with Crippen LogP contribution in [0.2, 0.25) is 0 Å². The number of piperazine rings is 1. The van der Waals surface area contributed by atoms with Gasteiger partial charge < -0.3 is 4.90 Å². The van der Waals surface area contributed by atoms with E-state index in [9.17, 15) is 17.6 Å². The lowest BCUT2D eigenvalue weighted by atomic mass is 10.0. The van der Waals surface area contributed by atoms with E-state index in [0.29, 0.717) is 24.6 Å². The first kappa shape index (κ1) is 20.5. The Morgan fingerprint density at radius 1 is 1.04 bits per heavy atom. The van der Waals surface area contributed by atoms with E-state index < -0.39 is 10.0 Å². The highest BCUT2D eigenvalue weighted by Crippen LogP contribution is 2.21. The maximum absolute atomic E-state index is 13.3. The van der Waals surface area contributed by atoms with E-state index in [-0.39, 0.29) is 36.1 Å². The molecule has 1 aliphatic rings. The normalized spacial score (nSPS) is 15.8. The fraction of sp³-hybridized carbons (Fsp3) is 0.381. The van der Waals surface area contributed by atoms with E-state index in [4.69, 9.17) is 0 Å². The number of halogens is 1. The van der Waals surface area contributed by atoms with Gasteiger partial charge in [0.1, 0.15) is 5.82 Å². The molecule has 150 valence electrons. The zero-order valence-electron chi connectivity index (χ0n) is 16.1. The fourth-order valence-electron chi connectivity index (χ4n) is 3.28. The van der Waals surface area contributed by atoms with Gasteiger partial charge in [0, 0.05) is 26.2 Å². The molecular formula is C21H25FN2O3S. The van der Waals surface area contributed by atoms with Crippen molar-refractivity contribution in [3.63, 3.8) is 0 Å². The average molecular weight is 405 g/mol. The van der Waals surface area contributed by atoms with Crippen molar-refractivity contribution in [1.82, 2.24) is 9.21 Å². The van der Waals surface area contributed by atoms with E-state index in [2.05, 4.69) is 13.8 Å². The first-order valence-electron chi connectivity index (χ1n) is 9.39. The van der Waals surface area contributed by atoms with Crippen LogP contribution in [0.5, 0.6) is 0 Å². The minimum atomic E-state index is -3.57. The number of benzene rings is 2. The Morgan fingerprint density at radius 3 is 2.25 bits per heavy atom. The van der Waals surface area contributed by atoms with Crippen LogP contribution in [0.3, 0.4) is 0 Å². The monoisotopic (exact) mass is 404 g/mol. The molecule has 0 atom stereocenters. The molecule has 0 aliphatic carbocycles. The van der Waals surface area contributed by atoms with Crippen molar-refractivity contribution in [3.05, 3.63) is 65.5 Å². The third-order valence-corrected chi connectivity index (χ3v) is 6.93. The van der Waals surface area contributed by atoms with Gasteiger partial charge in [-0.2, -0.15) is 4.31 Å². The highest BCUT2D eigenvalue weighted by atomic mass is 32.2. The van der Waals surface area contributed by atoms with Gasteiger partial charge in [0.15, 0.2) is 0 Å². The predicted molar refractivity (Wildman–Crippen MR) is 106 cm³/mol. The second-order valence-corrected chi connectivity index (χ2v) is 9.25. The zero-order valence-corrected chi connectivity index (χ0v) is 17.0. The lowest BCUT2D eigenvalue weighted by molar-refractivity contribution is -0.131. The molecular weight excluding hydrogens is 379 g/mol. The van der Waals surface area contributed by atoms with Gasteiger partial charge in [-0.05, 0) is 41.3 Å². The standard InChI is InChI=1S/C21H25FN2O3S/c1-16(2)18-6-8-20(9-7-18)28(26,27)24-12-10-23(11-13-24)21(25)15-17-4-3-5-19(22)14-17/h3-9,14,16H,10-13,15H2,1-2H3. The number of hydrogen-bond donors (Lipinski definition) is 0. The number of amides is 1. The van der Waals surface area contributed by atoms with Crippen molar-refractivity contribution in [3.8, 4) is 0 Å². The van der Waals surface area contributed by atoms with Crippen molar-refractivity contribution in [2.24, 2.45) is 0 Å². The molecule has 7 heteroatoms. The van der Waals surface area contributed by atoms with Crippen molar-refractivity contribution >= 4 is 15.9 Å². The van der Waals surface area contributed by atoms with Crippen molar-refractivity contribution in [1.29, 1.82) is 0 Å². The second-order valence-electron chi connectivity index (χ2n) is 7.32. The average Bonchev–Trinajstić information content (AvgIpc) is 2.68. The van der Waals surface area contributed by atoms with Crippen LogP contribution in [0.4, 0.5) is 4.39 Å². The van der Waals surface area contributed by atoms with Crippen LogP contribution in [0.25, 0.3) is 0 Å². The molecule has 2 aromatic rings. The van der Waals surface area contributed by atoms with E-state index in [1.165, 1.54) is 16.4 Å². The Balaban J connectivity index is 1.61. The summed E-state index contributed by atoms with van der Waals surface area (Å²) in [4.78, 5) is 14.4. The minimum Gasteiger partial charge on any atom is -0.340 e. The Morgan fingerprint density at radius 2 is 1.68 bits per heavy atom. The second kappa shape index (κ2) is 8.41. The fourth-order valence-corrected chi connectivity index (χ4v) is 4.71. The van der Waals surface area contributed by atoms with Gasteiger partial charge in [0.2, 0.25) is 15.9 Å². The topological polar surface area (TPSA) is 57.7 Å². The highest BCUT2D eigenvalue weighted by Gasteiger charge is 2.30. The molecule has 5 nitrogen and oxygen atoms in total. The Hall–Kier alpha value is -2.25. The van der Waals surface area contributed by atoms with Crippen LogP contribution in [0.15, 0.2) is 53.4 Å². The van der Waals surface area contributed by atoms with Crippen molar-refractivity contribution in [2.45, 2.75) is 31.1 Å². The van der Waals surface area contributed by atoms with Crippen LogP contribution < -0.4 is 0 Å². The molecule has 0 spiro atoms. The number of carbonyl (C=O) groups excluding carboxylic acids is 1. The van der Waals surface area contributed by atoms with Gasteiger partial charge in [0.05, 0.1) is 11.3 Å². The summed E-state index contributed by atoms with van der Waals surface area (Å²) >= 11 is 0. The molecule has 0 radical (unpaired) electrons. The Kier molecular flexibility index (Phi) is 6.15. The maximum atomic E-state index is 13.3. The third-order valence-electron chi connectivity index (χ3n) is 5.02. The zero-order chi connectivity index (χ0) is 20.3. The van der Waals surface area contributed by atoms with Gasteiger partial charge in [-0.25, -0.2) is 12.8 Å². The molecule has 1 amide bonds. The van der Waals surface area contributed by atoms with Gasteiger partial charge in [-0.3, -0.25) is 4.79 Å². The molecule has 1 saturated heterocycles. The van der Waals surface area contributed by atoms with E-state index in [1.54, 1.807) is 29.2 Å². The molecule has 28 heavy (non-hydrogen) atoms. The van der Waals surface area contributed by atoms with Gasteiger partial charge in [-0.1, -0.05) is 38.1 Å². The van der Waals surface area contributed by atoms with Crippen molar-refractivity contribution < 1.29 is 17.6 Å². The summed E-state index contributed by atoms with van der Waals surface area (Å²) in [6, 6.07) is 12.9. The summed E-state index contributed by atoms with van der Waals surface area (Å²) in [5.74, 6) is -0.155. The van der Waals surface area contributed by atoms with Crippen molar-refractivity contribution in [2.75, 3.05) is 26.2 Å². The highest BCUT2D eigenvalue weighted by molar-refractivity contribution is 7.89. The summed E-state index contributed by atoms with van der Waals surface area (Å²) in [5, 5.41) is 0. The van der Waals surface area contributed by atoms with E-state index in [1.807, 2.05) is 12.1 Å². The Bertz CT molecular complexity index is 934. The van der Waals surface area contributed by atoms with Gasteiger partial charge in [0.25, 0.3) is 0 Å². The lowest BCUT2D eigenvalue weighted by Gasteiger charge is -2.34. The molecule has 1 heterocycles. The lowest BCUT2D eigenvalue weighted by Crippen LogP contribution is -2.50. The number of rotatable bonds is 5. The first-order valence-corrected chi connectivity index (χ1v) is 10.8. The smallest absolute Gasteiger partial charge is 0.243 e. The van der Waals surface area contributed by atoms with Crippen LogP contribution in [0.1, 0.15) is 30.9 Å². The Labute approximate surface area is 165 Å². The largest absolute Gasteiger partial charge is 0.340 e. The molecule has 0 unspecified atom stereocenters. The number of hydrogen-bond acceptors (Lipinski definition) is 3. The maximum Gasteiger partial charge on any atom is 0.243 e. The molecule has 2 aromatic carbocycles. The SMILES string of the molecule is CC(C)c1ccc(S(=O)(=O)N2CCN(C(=O)Cc3cccc(F)c3)CC2)cc1. The molecule has 0 saturated carbocycles. The molecule has 0 aromatic heterocycles. The van der Waals surface area contributed by atoms with Gasteiger partial charge >= 0.3 is 0 Å². The summed E-state index contributed by atoms with van der Waals surface area (Å²) in [5.41, 5.74) is 1.71. The molecule has 3 rings (SSSR count). The number of sulfonamides is 1. The molecule has 0 N–H and O–H groups in total. The van der Waals surface area contributed by atoms with Crippen LogP contribution in [-0.2, 0) is 21.2 Å². The number of carbonyl (C=O) groups is 1. The van der Waals surface area contributed by atoms with Crippen LogP contribution >= 0.6 is 0 Å². The number of nitrogens with zero attached hydrogens (tertiary/aromatic N) is 2. The van der Waals surface area contributed by atoms with Crippen LogP contribution in [-0.4, -0.2) is 49.7 Å². The molecule has 0 bridgehead atoms. The van der Waals surface area contributed by atoms with Gasteiger partial charge in [-0.15, -0.1) is 0 Å². The summed E-state index contributed by atoms with van der Waals surface area (Å²) in [7, 11) is -3.57. The minimum absolute atomic E-state index is 0.112. The van der Waals surface area contributed by atoms with Crippen LogP contribution in [0, 0.1) is 5.82 Å². The first-order chi connectivity index (χ1) is 13.3. The quantitative estimate of drug-likeness (QED) is 0.770. The predicted octanol–water partition coefficient (Wildman–Crippen LogP) is 3.02. The summed E-state index contributed by atoms with van der Waals surface area (Å²) < 4.78 is 40.4. The third kappa shape index (κ3) is 4.59. The molecule has 1 fully saturated rings. The summed E-state index contributed by atoms with van der Waals surface area (Å²) in [6.45, 7) is 5.29.